The zero-order chi connectivity index (χ0) is 22.3. The van der Waals surface area contributed by atoms with Gasteiger partial charge in [0.1, 0.15) is 5.82 Å². The van der Waals surface area contributed by atoms with E-state index in [1.54, 1.807) is 23.9 Å². The quantitative estimate of drug-likeness (QED) is 0.282. The summed E-state index contributed by atoms with van der Waals surface area (Å²) in [5.41, 5.74) is 5.40. The fourth-order valence-electron chi connectivity index (χ4n) is 4.01. The smallest absolute Gasteiger partial charge is 0.337 e. The molecule has 4 rings (SSSR count). The van der Waals surface area contributed by atoms with Gasteiger partial charge in [0, 0.05) is 18.2 Å². The molecule has 2 aromatic heterocycles. The topological polar surface area (TPSA) is 61.9 Å². The van der Waals surface area contributed by atoms with Crippen LogP contribution in [0.2, 0.25) is 0 Å². The Morgan fingerprint density at radius 3 is 2.39 bits per heavy atom. The highest BCUT2D eigenvalue weighted by Crippen LogP contribution is 2.32. The number of rotatable bonds is 6. The van der Waals surface area contributed by atoms with Crippen molar-refractivity contribution in [1.82, 2.24) is 19.1 Å². The predicted octanol–water partition coefficient (Wildman–Crippen LogP) is 5.80. The molecular weight excluding hydrogens is 408 g/mol. The maximum absolute atomic E-state index is 12.0. The summed E-state index contributed by atoms with van der Waals surface area (Å²) in [6.45, 7) is 9.66. The van der Waals surface area contributed by atoms with Gasteiger partial charge >= 0.3 is 5.97 Å². The lowest BCUT2D eigenvalue weighted by atomic mass is 10.1. The van der Waals surface area contributed by atoms with Gasteiger partial charge in [0.15, 0.2) is 5.16 Å². The normalized spacial score (nSPS) is 11.9. The summed E-state index contributed by atoms with van der Waals surface area (Å²) >= 11 is 1.67. The minimum absolute atomic E-state index is 0.208. The number of aromatic nitrogens is 4. The predicted molar refractivity (Wildman–Crippen MR) is 127 cm³/mol. The molecule has 2 heterocycles. The first-order valence-electron chi connectivity index (χ1n) is 10.5. The first-order valence-corrected chi connectivity index (χ1v) is 11.7. The van der Waals surface area contributed by atoms with Crippen LogP contribution in [0, 0.1) is 5.92 Å². The van der Waals surface area contributed by atoms with Gasteiger partial charge in [-0.15, -0.1) is 0 Å². The van der Waals surface area contributed by atoms with Gasteiger partial charge in [-0.2, -0.15) is 0 Å². The van der Waals surface area contributed by atoms with Crippen molar-refractivity contribution in [2.24, 2.45) is 5.92 Å². The molecule has 0 aliphatic rings. The SMILES string of the molecule is COC(=O)c1ccc2c(c1)nc(-c1ccc3c(c1)nc(SC)n3CC(C)C)n2C(C)C. The van der Waals surface area contributed by atoms with Crippen LogP contribution in [0.4, 0.5) is 0 Å². The van der Waals surface area contributed by atoms with Crippen molar-refractivity contribution in [2.75, 3.05) is 13.4 Å². The molecule has 0 aliphatic heterocycles. The summed E-state index contributed by atoms with van der Waals surface area (Å²) in [5.74, 6) is 1.06. The molecule has 0 atom stereocenters. The first kappa shape index (κ1) is 21.4. The third kappa shape index (κ3) is 3.82. The van der Waals surface area contributed by atoms with Crippen molar-refractivity contribution in [3.05, 3.63) is 42.0 Å². The first-order chi connectivity index (χ1) is 14.8. The Hall–Kier alpha value is -2.80. The standard InChI is InChI=1S/C24H28N4O2S/c1-14(2)13-27-20-9-7-16(11-18(20)26-24(27)31-6)22-25-19-12-17(23(29)30-5)8-10-21(19)28(22)15(3)4/h7-12,14-15H,13H2,1-6H3. The minimum Gasteiger partial charge on any atom is -0.465 e. The van der Waals surface area contributed by atoms with E-state index in [0.29, 0.717) is 11.5 Å². The molecule has 162 valence electrons. The second-order valence-electron chi connectivity index (χ2n) is 8.40. The van der Waals surface area contributed by atoms with Crippen LogP contribution < -0.4 is 0 Å². The van der Waals surface area contributed by atoms with Crippen molar-refractivity contribution < 1.29 is 9.53 Å². The zero-order valence-corrected chi connectivity index (χ0v) is 19.7. The number of carbonyl (C=O) groups excluding carboxylic acids is 1. The van der Waals surface area contributed by atoms with Crippen molar-refractivity contribution in [1.29, 1.82) is 0 Å². The van der Waals surface area contributed by atoms with Gasteiger partial charge < -0.3 is 13.9 Å². The highest BCUT2D eigenvalue weighted by molar-refractivity contribution is 7.98. The molecule has 0 saturated carbocycles. The van der Waals surface area contributed by atoms with Crippen LogP contribution in [0.1, 0.15) is 44.1 Å². The van der Waals surface area contributed by atoms with Crippen LogP contribution in [0.25, 0.3) is 33.5 Å². The fraction of sp³-hybridized carbons (Fsp3) is 0.375. The van der Waals surface area contributed by atoms with E-state index in [1.807, 2.05) is 6.07 Å². The van der Waals surface area contributed by atoms with Crippen molar-refractivity contribution in [3.8, 4) is 11.4 Å². The molecule has 0 spiro atoms. The molecule has 7 heteroatoms. The van der Waals surface area contributed by atoms with Gasteiger partial charge in [-0.1, -0.05) is 25.6 Å². The van der Waals surface area contributed by atoms with Crippen LogP contribution in [0.15, 0.2) is 41.6 Å². The Kier molecular flexibility index (Phi) is 5.79. The van der Waals surface area contributed by atoms with E-state index >= 15 is 0 Å². The molecule has 0 fully saturated rings. The molecule has 0 saturated heterocycles. The van der Waals surface area contributed by atoms with Crippen LogP contribution in [-0.2, 0) is 11.3 Å². The molecule has 0 amide bonds. The van der Waals surface area contributed by atoms with Crippen LogP contribution in [0.5, 0.6) is 0 Å². The van der Waals surface area contributed by atoms with E-state index in [0.717, 1.165) is 45.2 Å². The lowest BCUT2D eigenvalue weighted by molar-refractivity contribution is 0.0601. The van der Waals surface area contributed by atoms with Gasteiger partial charge in [0.05, 0.1) is 34.7 Å². The third-order valence-electron chi connectivity index (χ3n) is 5.33. The number of benzene rings is 2. The molecule has 0 N–H and O–H groups in total. The summed E-state index contributed by atoms with van der Waals surface area (Å²) in [4.78, 5) is 21.7. The number of ether oxygens (including phenoxy) is 1. The Morgan fingerprint density at radius 2 is 1.74 bits per heavy atom. The summed E-state index contributed by atoms with van der Waals surface area (Å²) in [6.07, 6.45) is 2.07. The fourth-order valence-corrected chi connectivity index (χ4v) is 4.60. The van der Waals surface area contributed by atoms with Gasteiger partial charge in [-0.05, 0) is 62.4 Å². The van der Waals surface area contributed by atoms with Gasteiger partial charge in [0.2, 0.25) is 0 Å². The number of carbonyl (C=O) groups is 1. The second kappa shape index (κ2) is 8.38. The molecule has 0 unspecified atom stereocenters. The lowest BCUT2D eigenvalue weighted by Crippen LogP contribution is -2.05. The Bertz CT molecular complexity index is 1270. The van der Waals surface area contributed by atoms with E-state index in [2.05, 4.69) is 61.3 Å². The van der Waals surface area contributed by atoms with Gasteiger partial charge in [-0.25, -0.2) is 14.8 Å². The summed E-state index contributed by atoms with van der Waals surface area (Å²) in [7, 11) is 1.39. The highest BCUT2D eigenvalue weighted by atomic mass is 32.2. The molecule has 0 radical (unpaired) electrons. The van der Waals surface area contributed by atoms with Crippen molar-refractivity contribution in [3.63, 3.8) is 0 Å². The van der Waals surface area contributed by atoms with Crippen LogP contribution >= 0.6 is 11.8 Å². The minimum atomic E-state index is -0.357. The van der Waals surface area contributed by atoms with E-state index in [9.17, 15) is 4.79 Å². The second-order valence-corrected chi connectivity index (χ2v) is 9.17. The Morgan fingerprint density at radius 1 is 1.03 bits per heavy atom. The average molecular weight is 437 g/mol. The Balaban J connectivity index is 1.89. The molecule has 2 aromatic carbocycles. The van der Waals surface area contributed by atoms with Gasteiger partial charge in [0.25, 0.3) is 0 Å². The third-order valence-corrected chi connectivity index (χ3v) is 6.01. The number of esters is 1. The maximum Gasteiger partial charge on any atom is 0.337 e. The molecule has 6 nitrogen and oxygen atoms in total. The van der Waals surface area contributed by atoms with E-state index in [1.165, 1.54) is 7.11 Å². The van der Waals surface area contributed by atoms with Gasteiger partial charge in [-0.3, -0.25) is 0 Å². The Labute approximate surface area is 186 Å². The largest absolute Gasteiger partial charge is 0.465 e. The van der Waals surface area contributed by atoms with Crippen molar-refractivity contribution in [2.45, 2.75) is 45.4 Å². The highest BCUT2D eigenvalue weighted by Gasteiger charge is 2.19. The van der Waals surface area contributed by atoms with Crippen LogP contribution in [0.3, 0.4) is 0 Å². The zero-order valence-electron chi connectivity index (χ0n) is 18.8. The lowest BCUT2D eigenvalue weighted by Gasteiger charge is -2.13. The molecule has 31 heavy (non-hydrogen) atoms. The maximum atomic E-state index is 12.0. The number of hydrogen-bond acceptors (Lipinski definition) is 5. The molecule has 4 aromatic rings. The number of thioether (sulfide) groups is 1. The monoisotopic (exact) mass is 436 g/mol. The van der Waals surface area contributed by atoms with E-state index in [4.69, 9.17) is 14.7 Å². The average Bonchev–Trinajstić information content (AvgIpc) is 3.30. The summed E-state index contributed by atoms with van der Waals surface area (Å²) < 4.78 is 9.37. The number of nitrogens with zero attached hydrogens (tertiary/aromatic N) is 4. The number of hydrogen-bond donors (Lipinski definition) is 0. The number of fused-ring (bicyclic) bond motifs is 2. The molecule has 0 bridgehead atoms. The molecule has 0 aliphatic carbocycles. The number of imidazole rings is 2. The van der Waals surface area contributed by atoms with Crippen molar-refractivity contribution >= 4 is 39.8 Å². The summed E-state index contributed by atoms with van der Waals surface area (Å²) in [6, 6.07) is 12.1. The number of methoxy groups -OCH3 is 1. The summed E-state index contributed by atoms with van der Waals surface area (Å²) in [5, 5.41) is 1.03. The van der Waals surface area contributed by atoms with E-state index in [-0.39, 0.29) is 12.0 Å². The van der Waals surface area contributed by atoms with E-state index < -0.39 is 0 Å². The van der Waals surface area contributed by atoms with Crippen LogP contribution in [-0.4, -0.2) is 38.4 Å². The molecular formula is C24H28N4O2S.